The number of nitrogens with two attached hydrogens (primary N) is 1. The number of ether oxygens (including phenoxy) is 1. The van der Waals surface area contributed by atoms with Gasteiger partial charge in [-0.25, -0.2) is 0 Å². The van der Waals surface area contributed by atoms with E-state index in [9.17, 15) is 4.79 Å². The Labute approximate surface area is 128 Å². The molecule has 1 amide bonds. The summed E-state index contributed by atoms with van der Waals surface area (Å²) in [4.78, 5) is 12.4. The van der Waals surface area contributed by atoms with E-state index in [1.807, 2.05) is 12.1 Å². The lowest BCUT2D eigenvalue weighted by Crippen LogP contribution is -2.44. The number of rotatable bonds is 5. The minimum atomic E-state index is -0.0990. The SMILES string of the molecule is COc1ccc(Br)c(C(=O)NC(CN)C2CCCC2)c1. The summed E-state index contributed by atoms with van der Waals surface area (Å²) in [5.74, 6) is 1.08. The van der Waals surface area contributed by atoms with Gasteiger partial charge in [-0.1, -0.05) is 12.8 Å². The van der Waals surface area contributed by atoms with Gasteiger partial charge >= 0.3 is 0 Å². The molecule has 1 saturated carbocycles. The van der Waals surface area contributed by atoms with Gasteiger partial charge in [0.05, 0.1) is 12.7 Å². The van der Waals surface area contributed by atoms with Crippen LogP contribution in [0.4, 0.5) is 0 Å². The van der Waals surface area contributed by atoms with Gasteiger partial charge in [0.15, 0.2) is 0 Å². The van der Waals surface area contributed by atoms with Crippen LogP contribution < -0.4 is 15.8 Å². The minimum Gasteiger partial charge on any atom is -0.497 e. The number of amides is 1. The summed E-state index contributed by atoms with van der Waals surface area (Å²) < 4.78 is 5.93. The number of hydrogen-bond acceptors (Lipinski definition) is 3. The molecule has 0 spiro atoms. The largest absolute Gasteiger partial charge is 0.497 e. The molecular formula is C15H21BrN2O2. The van der Waals surface area contributed by atoms with E-state index in [0.29, 0.717) is 23.8 Å². The second kappa shape index (κ2) is 7.09. The summed E-state index contributed by atoms with van der Waals surface area (Å²) >= 11 is 3.41. The fourth-order valence-corrected chi connectivity index (χ4v) is 3.21. The standard InChI is InChI=1S/C15H21BrN2O2/c1-20-11-6-7-13(16)12(8-11)15(19)18-14(9-17)10-4-2-3-5-10/h6-8,10,14H,2-5,9,17H2,1H3,(H,18,19). The second-order valence-electron chi connectivity index (χ2n) is 5.21. The highest BCUT2D eigenvalue weighted by molar-refractivity contribution is 9.10. The average Bonchev–Trinajstić information content (AvgIpc) is 2.99. The lowest BCUT2D eigenvalue weighted by Gasteiger charge is -2.23. The molecule has 1 aliphatic rings. The molecule has 2 rings (SSSR count). The molecule has 0 heterocycles. The number of carbonyl (C=O) groups excluding carboxylic acids is 1. The maximum absolute atomic E-state index is 12.4. The first-order chi connectivity index (χ1) is 9.65. The van der Waals surface area contributed by atoms with Crippen LogP contribution in [0.3, 0.4) is 0 Å². The highest BCUT2D eigenvalue weighted by Crippen LogP contribution is 2.28. The van der Waals surface area contributed by atoms with Crippen molar-refractivity contribution in [2.75, 3.05) is 13.7 Å². The monoisotopic (exact) mass is 340 g/mol. The van der Waals surface area contributed by atoms with Gasteiger partial charge in [0.25, 0.3) is 5.91 Å². The second-order valence-corrected chi connectivity index (χ2v) is 6.06. The lowest BCUT2D eigenvalue weighted by molar-refractivity contribution is 0.0923. The van der Waals surface area contributed by atoms with E-state index in [0.717, 1.165) is 17.3 Å². The Kier molecular flexibility index (Phi) is 5.43. The van der Waals surface area contributed by atoms with Crippen molar-refractivity contribution in [3.05, 3.63) is 28.2 Å². The smallest absolute Gasteiger partial charge is 0.252 e. The molecule has 0 radical (unpaired) electrons. The highest BCUT2D eigenvalue weighted by atomic mass is 79.9. The zero-order chi connectivity index (χ0) is 14.5. The third kappa shape index (κ3) is 3.52. The Bertz CT molecular complexity index is 473. The van der Waals surface area contributed by atoms with Gasteiger partial charge in [-0.05, 0) is 52.9 Å². The van der Waals surface area contributed by atoms with Crippen LogP contribution in [-0.4, -0.2) is 25.6 Å². The molecule has 20 heavy (non-hydrogen) atoms. The van der Waals surface area contributed by atoms with Gasteiger partial charge in [-0.15, -0.1) is 0 Å². The van der Waals surface area contributed by atoms with Gasteiger partial charge < -0.3 is 15.8 Å². The molecule has 0 saturated heterocycles. The predicted octanol–water partition coefficient (Wildman–Crippen LogP) is 2.71. The number of benzene rings is 1. The third-order valence-corrected chi connectivity index (χ3v) is 4.65. The maximum Gasteiger partial charge on any atom is 0.252 e. The molecule has 1 unspecified atom stereocenters. The van der Waals surface area contributed by atoms with Crippen molar-refractivity contribution < 1.29 is 9.53 Å². The van der Waals surface area contributed by atoms with Crippen molar-refractivity contribution in [2.45, 2.75) is 31.7 Å². The molecule has 0 aromatic heterocycles. The Morgan fingerprint density at radius 1 is 1.50 bits per heavy atom. The van der Waals surface area contributed by atoms with Crippen molar-refractivity contribution in [3.63, 3.8) is 0 Å². The number of hydrogen-bond donors (Lipinski definition) is 2. The molecule has 1 aliphatic carbocycles. The van der Waals surface area contributed by atoms with E-state index in [1.165, 1.54) is 12.8 Å². The van der Waals surface area contributed by atoms with Gasteiger partial charge in [0, 0.05) is 17.1 Å². The summed E-state index contributed by atoms with van der Waals surface area (Å²) in [5.41, 5.74) is 6.41. The van der Waals surface area contributed by atoms with Crippen molar-refractivity contribution in [1.29, 1.82) is 0 Å². The summed E-state index contributed by atoms with van der Waals surface area (Å²) in [6.45, 7) is 0.484. The van der Waals surface area contributed by atoms with Crippen molar-refractivity contribution in [3.8, 4) is 5.75 Å². The van der Waals surface area contributed by atoms with E-state index in [2.05, 4.69) is 21.2 Å². The lowest BCUT2D eigenvalue weighted by atomic mass is 9.98. The molecule has 0 aliphatic heterocycles. The summed E-state index contributed by atoms with van der Waals surface area (Å²) in [6.07, 6.45) is 4.78. The van der Waals surface area contributed by atoms with Gasteiger partial charge in [0.2, 0.25) is 0 Å². The normalized spacial score (nSPS) is 16.9. The van der Waals surface area contributed by atoms with Gasteiger partial charge in [-0.2, -0.15) is 0 Å². The average molecular weight is 341 g/mol. The molecule has 3 N–H and O–H groups in total. The van der Waals surface area contributed by atoms with Crippen molar-refractivity contribution >= 4 is 21.8 Å². The van der Waals surface area contributed by atoms with E-state index in [1.54, 1.807) is 13.2 Å². The van der Waals surface area contributed by atoms with Crippen LogP contribution in [0.1, 0.15) is 36.0 Å². The fraction of sp³-hybridized carbons (Fsp3) is 0.533. The van der Waals surface area contributed by atoms with Crippen LogP contribution in [0.15, 0.2) is 22.7 Å². The van der Waals surface area contributed by atoms with Gasteiger partial charge in [-0.3, -0.25) is 4.79 Å². The molecule has 0 bridgehead atoms. The molecular weight excluding hydrogens is 320 g/mol. The molecule has 110 valence electrons. The van der Waals surface area contributed by atoms with Crippen LogP contribution >= 0.6 is 15.9 Å². The number of nitrogens with one attached hydrogen (secondary N) is 1. The van der Waals surface area contributed by atoms with E-state index in [4.69, 9.17) is 10.5 Å². The van der Waals surface area contributed by atoms with Crippen LogP contribution in [0.5, 0.6) is 5.75 Å². The fourth-order valence-electron chi connectivity index (χ4n) is 2.78. The highest BCUT2D eigenvalue weighted by Gasteiger charge is 2.26. The Morgan fingerprint density at radius 2 is 2.20 bits per heavy atom. The van der Waals surface area contributed by atoms with Crippen LogP contribution in [-0.2, 0) is 0 Å². The van der Waals surface area contributed by atoms with Crippen LogP contribution in [0.25, 0.3) is 0 Å². The first kappa shape index (κ1) is 15.3. The maximum atomic E-state index is 12.4. The van der Waals surface area contributed by atoms with E-state index >= 15 is 0 Å². The quantitative estimate of drug-likeness (QED) is 0.866. The summed E-state index contributed by atoms with van der Waals surface area (Å²) in [6, 6.07) is 5.43. The molecule has 5 heteroatoms. The zero-order valence-corrected chi connectivity index (χ0v) is 13.3. The van der Waals surface area contributed by atoms with Gasteiger partial charge in [0.1, 0.15) is 5.75 Å². The number of methoxy groups -OCH3 is 1. The molecule has 1 aromatic rings. The molecule has 1 atom stereocenters. The molecule has 4 nitrogen and oxygen atoms in total. The Balaban J connectivity index is 2.10. The van der Waals surface area contributed by atoms with Crippen LogP contribution in [0.2, 0.25) is 0 Å². The molecule has 1 fully saturated rings. The first-order valence-corrected chi connectivity index (χ1v) is 7.79. The summed E-state index contributed by atoms with van der Waals surface area (Å²) in [7, 11) is 1.59. The molecule has 1 aromatic carbocycles. The summed E-state index contributed by atoms with van der Waals surface area (Å²) in [5, 5.41) is 3.07. The third-order valence-electron chi connectivity index (χ3n) is 3.96. The Hall–Kier alpha value is -1.07. The minimum absolute atomic E-state index is 0.0584. The topological polar surface area (TPSA) is 64.3 Å². The van der Waals surface area contributed by atoms with Crippen molar-refractivity contribution in [2.24, 2.45) is 11.7 Å². The van der Waals surface area contributed by atoms with E-state index < -0.39 is 0 Å². The number of carbonyl (C=O) groups is 1. The van der Waals surface area contributed by atoms with Crippen LogP contribution in [0, 0.1) is 5.92 Å². The number of halogens is 1. The van der Waals surface area contributed by atoms with E-state index in [-0.39, 0.29) is 11.9 Å². The first-order valence-electron chi connectivity index (χ1n) is 7.00. The van der Waals surface area contributed by atoms with Crippen molar-refractivity contribution in [1.82, 2.24) is 5.32 Å². The zero-order valence-electron chi connectivity index (χ0n) is 11.7. The predicted molar refractivity (Wildman–Crippen MR) is 83.0 cm³/mol. The Morgan fingerprint density at radius 3 is 2.80 bits per heavy atom.